The predicted octanol–water partition coefficient (Wildman–Crippen LogP) is -0.619. The third-order valence-corrected chi connectivity index (χ3v) is 11.0. The zero-order chi connectivity index (χ0) is 19.9. The van der Waals surface area contributed by atoms with Gasteiger partial charge in [-0.15, -0.1) is 0 Å². The van der Waals surface area contributed by atoms with Crippen LogP contribution in [0.3, 0.4) is 0 Å². The lowest BCUT2D eigenvalue weighted by atomic mass is 10.2. The van der Waals surface area contributed by atoms with Crippen LogP contribution >= 0.6 is 0 Å². The van der Waals surface area contributed by atoms with Crippen molar-refractivity contribution in [1.29, 1.82) is 5.26 Å². The molecular weight excluding hydrogens is 414 g/mol. The number of hydrogen-bond acceptors (Lipinski definition) is 7. The Kier molecular flexibility index (Phi) is 5.35. The zero-order valence-electron chi connectivity index (χ0n) is 14.4. The quantitative estimate of drug-likeness (QED) is 0.618. The van der Waals surface area contributed by atoms with E-state index >= 15 is 0 Å². The maximum absolute atomic E-state index is 12.7. The zero-order valence-corrected chi connectivity index (χ0v) is 16.8. The topological polar surface area (TPSA) is 133 Å². The van der Waals surface area contributed by atoms with Gasteiger partial charge in [-0.3, -0.25) is 0 Å². The van der Waals surface area contributed by atoms with Crippen LogP contribution in [0, 0.1) is 11.3 Å². The van der Waals surface area contributed by atoms with Crippen molar-refractivity contribution < 1.29 is 25.3 Å². The second-order valence-corrected chi connectivity index (χ2v) is 12.9. The van der Waals surface area contributed by atoms with E-state index in [0.29, 0.717) is 5.56 Å². The molecule has 0 spiro atoms. The van der Waals surface area contributed by atoms with E-state index < -0.39 is 35.1 Å². The Labute approximate surface area is 159 Å². The maximum atomic E-state index is 12.7. The number of sulfone groups is 1. The van der Waals surface area contributed by atoms with Crippen LogP contribution in [0.2, 0.25) is 0 Å². The number of sulfonamides is 2. The summed E-state index contributed by atoms with van der Waals surface area (Å²) in [5.74, 6) is -0.511. The summed E-state index contributed by atoms with van der Waals surface area (Å²) >= 11 is 0. The first-order valence-electron chi connectivity index (χ1n) is 8.26. The molecule has 2 saturated heterocycles. The van der Waals surface area contributed by atoms with Crippen LogP contribution in [0.4, 0.5) is 0 Å². The van der Waals surface area contributed by atoms with Crippen LogP contribution in [0.1, 0.15) is 12.0 Å². The third-order valence-electron chi connectivity index (χ3n) is 4.79. The predicted molar refractivity (Wildman–Crippen MR) is 97.5 cm³/mol. The molecule has 3 rings (SSSR count). The average molecular weight is 434 g/mol. The largest absolute Gasteiger partial charge is 0.243 e. The summed E-state index contributed by atoms with van der Waals surface area (Å²) in [6.07, 6.45) is 0.0778. The molecule has 148 valence electrons. The van der Waals surface area contributed by atoms with Gasteiger partial charge in [-0.05, 0) is 30.7 Å². The summed E-state index contributed by atoms with van der Waals surface area (Å²) in [5.41, 5.74) is 0.344. The van der Waals surface area contributed by atoms with E-state index in [9.17, 15) is 25.3 Å². The molecule has 9 nitrogen and oxygen atoms in total. The van der Waals surface area contributed by atoms with Crippen molar-refractivity contribution in [3.05, 3.63) is 29.8 Å². The van der Waals surface area contributed by atoms with E-state index in [-0.39, 0.29) is 49.0 Å². The second kappa shape index (κ2) is 7.14. The maximum Gasteiger partial charge on any atom is 0.243 e. The number of rotatable bonds is 4. The van der Waals surface area contributed by atoms with Gasteiger partial charge in [0.15, 0.2) is 9.84 Å². The van der Waals surface area contributed by atoms with Gasteiger partial charge in [0.25, 0.3) is 0 Å². The monoisotopic (exact) mass is 433 g/mol. The smallest absolute Gasteiger partial charge is 0.229 e. The highest BCUT2D eigenvalue weighted by Gasteiger charge is 2.42. The van der Waals surface area contributed by atoms with E-state index in [4.69, 9.17) is 5.26 Å². The van der Waals surface area contributed by atoms with Crippen molar-refractivity contribution in [2.24, 2.45) is 0 Å². The van der Waals surface area contributed by atoms with Crippen LogP contribution in [-0.2, 0) is 29.9 Å². The normalized spacial score (nSPS) is 24.5. The second-order valence-electron chi connectivity index (χ2n) is 6.51. The molecule has 1 unspecified atom stereocenters. The molecule has 2 aliphatic heterocycles. The lowest BCUT2D eigenvalue weighted by Gasteiger charge is -2.34. The Morgan fingerprint density at radius 1 is 0.963 bits per heavy atom. The minimum Gasteiger partial charge on any atom is -0.229 e. The van der Waals surface area contributed by atoms with Crippen LogP contribution in [0.25, 0.3) is 0 Å². The molecule has 0 N–H and O–H groups in total. The first-order valence-corrected chi connectivity index (χ1v) is 13.0. The number of benzene rings is 1. The van der Waals surface area contributed by atoms with Gasteiger partial charge in [-0.1, -0.05) is 0 Å². The van der Waals surface area contributed by atoms with Gasteiger partial charge in [0.1, 0.15) is 0 Å². The number of piperazine rings is 1. The van der Waals surface area contributed by atoms with Gasteiger partial charge in [-0.25, -0.2) is 25.3 Å². The van der Waals surface area contributed by atoms with Crippen molar-refractivity contribution in [2.45, 2.75) is 16.6 Å². The van der Waals surface area contributed by atoms with Gasteiger partial charge in [0, 0.05) is 26.2 Å². The molecule has 12 heteroatoms. The molecule has 2 fully saturated rings. The highest BCUT2D eigenvalue weighted by molar-refractivity contribution is 7.95. The minimum absolute atomic E-state index is 0.0129. The highest BCUT2D eigenvalue weighted by Crippen LogP contribution is 2.25. The fourth-order valence-corrected chi connectivity index (χ4v) is 9.16. The SMILES string of the molecule is N#Cc1ccc(S(=O)(=O)N2CCN(S(=O)(=O)C3CCS(=O)(=O)C3)CC2)cc1. The standard InChI is InChI=1S/C15H19N3O6S3/c16-11-13-1-3-14(4-2-13)26(21,22)17-6-8-18(9-7-17)27(23,24)15-5-10-25(19,20)12-15/h1-4,15H,5-10,12H2. The van der Waals surface area contributed by atoms with Gasteiger partial charge < -0.3 is 0 Å². The Bertz CT molecular complexity index is 1060. The van der Waals surface area contributed by atoms with Crippen LogP contribution < -0.4 is 0 Å². The molecule has 1 atom stereocenters. The lowest BCUT2D eigenvalue weighted by molar-refractivity contribution is 0.271. The number of nitriles is 1. The fourth-order valence-electron chi connectivity index (χ4n) is 3.22. The molecule has 27 heavy (non-hydrogen) atoms. The van der Waals surface area contributed by atoms with Gasteiger partial charge in [0.2, 0.25) is 20.0 Å². The molecular formula is C15H19N3O6S3. The van der Waals surface area contributed by atoms with Crippen molar-refractivity contribution in [1.82, 2.24) is 8.61 Å². The molecule has 0 amide bonds. The summed E-state index contributed by atoms with van der Waals surface area (Å²) in [7, 11) is -10.9. The van der Waals surface area contributed by atoms with Crippen molar-refractivity contribution in [3.63, 3.8) is 0 Å². The molecule has 2 heterocycles. The van der Waals surface area contributed by atoms with E-state index in [1.807, 2.05) is 6.07 Å². The first kappa shape index (κ1) is 20.2. The highest BCUT2D eigenvalue weighted by atomic mass is 32.2. The van der Waals surface area contributed by atoms with E-state index in [0.717, 1.165) is 0 Å². The molecule has 1 aromatic carbocycles. The average Bonchev–Trinajstić information content (AvgIpc) is 3.02. The minimum atomic E-state index is -3.79. The van der Waals surface area contributed by atoms with Crippen molar-refractivity contribution in [3.8, 4) is 6.07 Å². The van der Waals surface area contributed by atoms with E-state index in [1.54, 1.807) is 0 Å². The number of nitrogens with zero attached hydrogens (tertiary/aromatic N) is 3. The summed E-state index contributed by atoms with van der Waals surface area (Å²) in [5, 5.41) is 7.84. The van der Waals surface area contributed by atoms with Gasteiger partial charge in [0.05, 0.1) is 33.3 Å². The van der Waals surface area contributed by atoms with E-state index in [2.05, 4.69) is 0 Å². The third kappa shape index (κ3) is 4.02. The first-order chi connectivity index (χ1) is 12.6. The number of hydrogen-bond donors (Lipinski definition) is 0. The van der Waals surface area contributed by atoms with Gasteiger partial charge >= 0.3 is 0 Å². The summed E-state index contributed by atoms with van der Waals surface area (Å²) in [6, 6.07) is 7.43. The Balaban J connectivity index is 1.70. The lowest BCUT2D eigenvalue weighted by Crippen LogP contribution is -2.52. The molecule has 0 aromatic heterocycles. The molecule has 1 aromatic rings. The molecule has 0 saturated carbocycles. The van der Waals surface area contributed by atoms with Crippen LogP contribution in [-0.4, -0.2) is 76.8 Å². The van der Waals surface area contributed by atoms with Gasteiger partial charge in [-0.2, -0.15) is 13.9 Å². The Morgan fingerprint density at radius 3 is 2.00 bits per heavy atom. The summed E-state index contributed by atoms with van der Waals surface area (Å²) < 4.78 is 76.1. The molecule has 0 radical (unpaired) electrons. The summed E-state index contributed by atoms with van der Waals surface area (Å²) in [4.78, 5) is 0.0414. The Morgan fingerprint density at radius 2 is 1.52 bits per heavy atom. The molecule has 0 bridgehead atoms. The van der Waals surface area contributed by atoms with E-state index in [1.165, 1.54) is 32.9 Å². The molecule has 2 aliphatic rings. The fraction of sp³-hybridized carbons (Fsp3) is 0.533. The van der Waals surface area contributed by atoms with Crippen molar-refractivity contribution >= 4 is 29.9 Å². The van der Waals surface area contributed by atoms with Crippen LogP contribution in [0.5, 0.6) is 0 Å². The van der Waals surface area contributed by atoms with Crippen molar-refractivity contribution in [2.75, 3.05) is 37.7 Å². The summed E-state index contributed by atoms with van der Waals surface area (Å²) in [6.45, 7) is -0.0646. The Hall–Kier alpha value is -1.52. The molecule has 0 aliphatic carbocycles. The van der Waals surface area contributed by atoms with Crippen LogP contribution in [0.15, 0.2) is 29.2 Å².